The molecule has 3 amide bonds. The summed E-state index contributed by atoms with van der Waals surface area (Å²) >= 11 is 0. The Morgan fingerprint density at radius 3 is 2.81 bits per heavy atom. The standard InChI is InChI=1S/C18H23N5O3/c1-26-15-6-4-14(5-7-15)21-18(25)23-9-2-3-13(11-23)17-20-8-10-22(17)12-16(19)24/h4-8,10,13H,2-3,9,11-12H2,1H3,(H2,19,24)(H,21,25)/t13-/m0/s1. The molecule has 0 spiro atoms. The average Bonchev–Trinajstić information content (AvgIpc) is 3.10. The van der Waals surface area contributed by atoms with E-state index in [1.807, 2.05) is 0 Å². The molecule has 0 aliphatic carbocycles. The predicted octanol–water partition coefficient (Wildman–Crippen LogP) is 1.79. The molecule has 8 nitrogen and oxygen atoms in total. The van der Waals surface area contributed by atoms with Crippen molar-refractivity contribution < 1.29 is 14.3 Å². The van der Waals surface area contributed by atoms with E-state index in [0.717, 1.165) is 24.4 Å². The number of likely N-dealkylation sites (tertiary alicyclic amines) is 1. The smallest absolute Gasteiger partial charge is 0.321 e. The number of benzene rings is 1. The van der Waals surface area contributed by atoms with Crippen molar-refractivity contribution >= 4 is 17.6 Å². The molecule has 1 aliphatic heterocycles. The Kier molecular flexibility index (Phi) is 5.40. The number of aromatic nitrogens is 2. The number of carbonyl (C=O) groups is 2. The van der Waals surface area contributed by atoms with E-state index >= 15 is 0 Å². The molecule has 3 rings (SSSR count). The molecule has 1 fully saturated rings. The SMILES string of the molecule is COc1ccc(NC(=O)N2CCC[C@H](c3nccn3CC(N)=O)C2)cc1. The molecule has 1 saturated heterocycles. The molecule has 8 heteroatoms. The van der Waals surface area contributed by atoms with Crippen molar-refractivity contribution in [2.75, 3.05) is 25.5 Å². The summed E-state index contributed by atoms with van der Waals surface area (Å²) in [5, 5.41) is 2.91. The third-order valence-corrected chi connectivity index (χ3v) is 4.49. The second-order valence-corrected chi connectivity index (χ2v) is 6.32. The van der Waals surface area contributed by atoms with Gasteiger partial charge in [0, 0.05) is 37.1 Å². The topological polar surface area (TPSA) is 102 Å². The van der Waals surface area contributed by atoms with Crippen LogP contribution in [0.1, 0.15) is 24.6 Å². The number of urea groups is 1. The number of methoxy groups -OCH3 is 1. The molecule has 26 heavy (non-hydrogen) atoms. The van der Waals surface area contributed by atoms with Gasteiger partial charge in [-0.25, -0.2) is 9.78 Å². The Balaban J connectivity index is 1.65. The van der Waals surface area contributed by atoms with Crippen LogP contribution in [0.4, 0.5) is 10.5 Å². The largest absolute Gasteiger partial charge is 0.497 e. The van der Waals surface area contributed by atoms with Crippen LogP contribution in [0.3, 0.4) is 0 Å². The second kappa shape index (κ2) is 7.90. The van der Waals surface area contributed by atoms with Gasteiger partial charge < -0.3 is 25.3 Å². The van der Waals surface area contributed by atoms with Gasteiger partial charge >= 0.3 is 6.03 Å². The summed E-state index contributed by atoms with van der Waals surface area (Å²) < 4.78 is 6.88. The highest BCUT2D eigenvalue weighted by molar-refractivity contribution is 5.89. The number of primary amides is 1. The molecule has 0 bridgehead atoms. The fourth-order valence-corrected chi connectivity index (χ4v) is 3.23. The first-order valence-electron chi connectivity index (χ1n) is 8.56. The number of nitrogens with two attached hydrogens (primary N) is 1. The second-order valence-electron chi connectivity index (χ2n) is 6.32. The van der Waals surface area contributed by atoms with Crippen LogP contribution in [0.2, 0.25) is 0 Å². The summed E-state index contributed by atoms with van der Waals surface area (Å²) in [6.07, 6.45) is 5.21. The summed E-state index contributed by atoms with van der Waals surface area (Å²) in [4.78, 5) is 29.9. The Morgan fingerprint density at radius 1 is 1.35 bits per heavy atom. The Morgan fingerprint density at radius 2 is 2.12 bits per heavy atom. The van der Waals surface area contributed by atoms with E-state index in [9.17, 15) is 9.59 Å². The summed E-state index contributed by atoms with van der Waals surface area (Å²) in [6.45, 7) is 1.34. The molecule has 3 N–H and O–H groups in total. The van der Waals surface area contributed by atoms with E-state index in [0.29, 0.717) is 18.8 Å². The summed E-state index contributed by atoms with van der Waals surface area (Å²) in [5.74, 6) is 1.21. The molecule has 0 saturated carbocycles. The molecular weight excluding hydrogens is 334 g/mol. The van der Waals surface area contributed by atoms with Crippen molar-refractivity contribution in [3.8, 4) is 5.75 Å². The summed E-state index contributed by atoms with van der Waals surface area (Å²) in [7, 11) is 1.60. The molecule has 0 unspecified atom stereocenters. The third-order valence-electron chi connectivity index (χ3n) is 4.49. The van der Waals surface area contributed by atoms with Crippen molar-refractivity contribution in [3.63, 3.8) is 0 Å². The highest BCUT2D eigenvalue weighted by Gasteiger charge is 2.27. The normalized spacial score (nSPS) is 17.0. The zero-order chi connectivity index (χ0) is 18.5. The lowest BCUT2D eigenvalue weighted by atomic mass is 9.97. The Labute approximate surface area is 151 Å². The lowest BCUT2D eigenvalue weighted by Gasteiger charge is -2.32. The molecule has 138 valence electrons. The molecule has 1 aromatic heterocycles. The number of ether oxygens (including phenoxy) is 1. The summed E-state index contributed by atoms with van der Waals surface area (Å²) in [5.41, 5.74) is 6.01. The van der Waals surface area contributed by atoms with E-state index in [-0.39, 0.29) is 18.5 Å². The van der Waals surface area contributed by atoms with Crippen molar-refractivity contribution in [2.24, 2.45) is 5.73 Å². The van der Waals surface area contributed by atoms with Crippen LogP contribution in [-0.4, -0.2) is 46.6 Å². The van der Waals surface area contributed by atoms with Crippen LogP contribution in [0, 0.1) is 0 Å². The minimum atomic E-state index is -0.408. The number of imidazole rings is 1. The number of carbonyl (C=O) groups excluding carboxylic acids is 2. The van der Waals surface area contributed by atoms with Crippen LogP contribution in [0.25, 0.3) is 0 Å². The van der Waals surface area contributed by atoms with Crippen LogP contribution in [0.15, 0.2) is 36.7 Å². The number of hydrogen-bond acceptors (Lipinski definition) is 4. The zero-order valence-corrected chi connectivity index (χ0v) is 14.7. The van der Waals surface area contributed by atoms with E-state index in [1.54, 1.807) is 53.2 Å². The number of nitrogens with one attached hydrogen (secondary N) is 1. The maximum absolute atomic E-state index is 12.6. The third kappa shape index (κ3) is 4.14. The van der Waals surface area contributed by atoms with E-state index < -0.39 is 5.91 Å². The molecule has 2 aromatic rings. The molecular formula is C18H23N5O3. The fraction of sp³-hybridized carbons (Fsp3) is 0.389. The van der Waals surface area contributed by atoms with Gasteiger partial charge in [0.05, 0.1) is 7.11 Å². The molecule has 0 radical (unpaired) electrons. The van der Waals surface area contributed by atoms with Crippen LogP contribution in [0.5, 0.6) is 5.75 Å². The highest BCUT2D eigenvalue weighted by atomic mass is 16.5. The van der Waals surface area contributed by atoms with Gasteiger partial charge in [0.1, 0.15) is 18.1 Å². The van der Waals surface area contributed by atoms with Crippen LogP contribution in [-0.2, 0) is 11.3 Å². The van der Waals surface area contributed by atoms with Gasteiger partial charge in [-0.3, -0.25) is 4.79 Å². The first kappa shape index (κ1) is 17.8. The number of hydrogen-bond donors (Lipinski definition) is 2. The first-order chi connectivity index (χ1) is 12.6. The molecule has 1 aliphatic rings. The minimum Gasteiger partial charge on any atom is -0.497 e. The van der Waals surface area contributed by atoms with Gasteiger partial charge in [-0.05, 0) is 37.1 Å². The van der Waals surface area contributed by atoms with Gasteiger partial charge in [0.2, 0.25) is 5.91 Å². The quantitative estimate of drug-likeness (QED) is 0.851. The van der Waals surface area contributed by atoms with Crippen LogP contribution >= 0.6 is 0 Å². The molecule has 2 heterocycles. The lowest BCUT2D eigenvalue weighted by Crippen LogP contribution is -2.42. The monoisotopic (exact) mass is 357 g/mol. The maximum atomic E-state index is 12.6. The van der Waals surface area contributed by atoms with E-state index in [1.165, 1.54) is 0 Å². The van der Waals surface area contributed by atoms with Crippen molar-refractivity contribution in [1.82, 2.24) is 14.5 Å². The summed E-state index contributed by atoms with van der Waals surface area (Å²) in [6, 6.07) is 7.06. The number of amides is 3. The van der Waals surface area contributed by atoms with Gasteiger partial charge in [0.25, 0.3) is 0 Å². The van der Waals surface area contributed by atoms with Crippen molar-refractivity contribution in [1.29, 1.82) is 0 Å². The van der Waals surface area contributed by atoms with Gasteiger partial charge in [-0.1, -0.05) is 0 Å². The van der Waals surface area contributed by atoms with Crippen molar-refractivity contribution in [2.45, 2.75) is 25.3 Å². The number of piperidine rings is 1. The maximum Gasteiger partial charge on any atom is 0.321 e. The first-order valence-corrected chi connectivity index (χ1v) is 8.56. The van der Waals surface area contributed by atoms with E-state index in [4.69, 9.17) is 10.5 Å². The van der Waals surface area contributed by atoms with Gasteiger partial charge in [0.15, 0.2) is 0 Å². The van der Waals surface area contributed by atoms with Gasteiger partial charge in [-0.15, -0.1) is 0 Å². The Hall–Kier alpha value is -3.03. The van der Waals surface area contributed by atoms with E-state index in [2.05, 4.69) is 10.3 Å². The molecule has 1 atom stereocenters. The fourth-order valence-electron chi connectivity index (χ4n) is 3.23. The van der Waals surface area contributed by atoms with Gasteiger partial charge in [-0.2, -0.15) is 0 Å². The Bertz CT molecular complexity index is 771. The zero-order valence-electron chi connectivity index (χ0n) is 14.7. The predicted molar refractivity (Wildman–Crippen MR) is 97.0 cm³/mol. The number of nitrogens with zero attached hydrogens (tertiary/aromatic N) is 3. The van der Waals surface area contributed by atoms with Crippen LogP contribution < -0.4 is 15.8 Å². The molecule has 1 aromatic carbocycles. The lowest BCUT2D eigenvalue weighted by molar-refractivity contribution is -0.118. The minimum absolute atomic E-state index is 0.0831. The average molecular weight is 357 g/mol. The highest BCUT2D eigenvalue weighted by Crippen LogP contribution is 2.26. The van der Waals surface area contributed by atoms with Crippen molar-refractivity contribution in [3.05, 3.63) is 42.5 Å². The number of anilines is 1. The number of rotatable bonds is 5.